The third-order valence-corrected chi connectivity index (χ3v) is 12.1. The summed E-state index contributed by atoms with van der Waals surface area (Å²) in [6.45, 7) is 16.6. The third-order valence-electron chi connectivity index (χ3n) is 12.1. The number of hydrogen-bond donors (Lipinski definition) is 0. The Morgan fingerprint density at radius 1 is 0.880 bits per heavy atom. The summed E-state index contributed by atoms with van der Waals surface area (Å²) in [5.41, 5.74) is -0.187. The van der Waals surface area contributed by atoms with Crippen molar-refractivity contribution >= 4 is 29.8 Å². The van der Waals surface area contributed by atoms with Gasteiger partial charge in [-0.25, -0.2) is 4.79 Å². The first-order valence-corrected chi connectivity index (χ1v) is 17.2. The topological polar surface area (TPSA) is 154 Å². The molecule has 0 N–H and O–H groups in total. The largest absolute Gasteiger partial charge is 0.472 e. The van der Waals surface area contributed by atoms with Crippen LogP contribution in [0.3, 0.4) is 0 Å². The maximum atomic E-state index is 13.8. The predicted octanol–water partition coefficient (Wildman–Crippen LogP) is 5.39. The molecule has 0 aromatic carbocycles. The van der Waals surface area contributed by atoms with Crippen LogP contribution in [0.2, 0.25) is 0 Å². The second-order valence-corrected chi connectivity index (χ2v) is 15.0. The summed E-state index contributed by atoms with van der Waals surface area (Å²) in [6.07, 6.45) is 1.38. The number of esters is 5. The first-order chi connectivity index (χ1) is 23.4. The molecule has 2 saturated carbocycles. The Labute approximate surface area is 293 Å². The first-order valence-electron chi connectivity index (χ1n) is 17.2. The standard InChI is InChI=1S/C38H50O12/c1-11-19(2)35(43)50-34-32-33-36(8,18-46-32)29(48-23(6)41)15-30(49-24(7)42)37(33,9)28(17-45-21(4)39)38(34,10)31-20(3)26(25-12-13-44-16-25)14-27(31)47-22(5)40/h11-13,16,26-30,32-34H,14-15,17-18H2,1-10H3/b19-11+/t26-,27+,28-,29-,30+,32-,33+,34-,36-,37+,38-/m1/s1. The van der Waals surface area contributed by atoms with Gasteiger partial charge >= 0.3 is 29.8 Å². The van der Waals surface area contributed by atoms with Gasteiger partial charge in [0.25, 0.3) is 0 Å². The highest BCUT2D eigenvalue weighted by atomic mass is 16.6. The molecular formula is C38H50O12. The summed E-state index contributed by atoms with van der Waals surface area (Å²) in [5.74, 6) is -4.03. The van der Waals surface area contributed by atoms with Gasteiger partial charge in [-0.3, -0.25) is 19.2 Å². The fraction of sp³-hybridized carbons (Fsp3) is 0.658. The minimum absolute atomic E-state index is 0.145. The normalized spacial score (nSPS) is 37.8. The molecule has 5 rings (SSSR count). The molecule has 11 atom stereocenters. The molecule has 274 valence electrons. The molecule has 2 heterocycles. The van der Waals surface area contributed by atoms with Crippen molar-refractivity contribution in [3.8, 4) is 0 Å². The third kappa shape index (κ3) is 6.07. The van der Waals surface area contributed by atoms with Crippen LogP contribution in [0.1, 0.15) is 93.6 Å². The monoisotopic (exact) mass is 698 g/mol. The summed E-state index contributed by atoms with van der Waals surface area (Å²) in [4.78, 5) is 64.5. The van der Waals surface area contributed by atoms with Crippen molar-refractivity contribution in [3.05, 3.63) is 47.0 Å². The second kappa shape index (κ2) is 13.7. The maximum absolute atomic E-state index is 13.8. The number of carbonyl (C=O) groups excluding carboxylic acids is 5. The van der Waals surface area contributed by atoms with Crippen molar-refractivity contribution in [2.75, 3.05) is 13.2 Å². The molecule has 12 nitrogen and oxygen atoms in total. The lowest BCUT2D eigenvalue weighted by Gasteiger charge is -2.66. The molecule has 0 bridgehead atoms. The average Bonchev–Trinajstić information content (AvgIpc) is 3.75. The van der Waals surface area contributed by atoms with Gasteiger partial charge in [0.15, 0.2) is 0 Å². The Balaban J connectivity index is 1.84. The highest BCUT2D eigenvalue weighted by Crippen LogP contribution is 2.71. The maximum Gasteiger partial charge on any atom is 0.333 e. The van der Waals surface area contributed by atoms with Crippen molar-refractivity contribution < 1.29 is 56.8 Å². The number of ether oxygens (including phenoxy) is 6. The Bertz CT molecular complexity index is 1590. The van der Waals surface area contributed by atoms with E-state index < -0.39 is 88.4 Å². The Hall–Kier alpha value is -3.93. The molecule has 1 saturated heterocycles. The van der Waals surface area contributed by atoms with E-state index in [9.17, 15) is 24.0 Å². The lowest BCUT2D eigenvalue weighted by Crippen LogP contribution is -2.73. The van der Waals surface area contributed by atoms with Crippen LogP contribution in [0.15, 0.2) is 45.8 Å². The van der Waals surface area contributed by atoms with Gasteiger partial charge in [0.2, 0.25) is 0 Å². The number of allylic oxidation sites excluding steroid dienone is 2. The molecule has 4 aliphatic rings. The molecular weight excluding hydrogens is 648 g/mol. The summed E-state index contributed by atoms with van der Waals surface area (Å²) >= 11 is 0. The van der Waals surface area contributed by atoms with Crippen molar-refractivity contribution in [2.45, 2.75) is 119 Å². The van der Waals surface area contributed by atoms with E-state index in [0.29, 0.717) is 17.6 Å². The number of rotatable bonds is 9. The van der Waals surface area contributed by atoms with E-state index in [1.165, 1.54) is 27.7 Å². The van der Waals surface area contributed by atoms with Gasteiger partial charge in [-0.1, -0.05) is 32.4 Å². The lowest BCUT2D eigenvalue weighted by molar-refractivity contribution is -0.265. The Kier molecular flexibility index (Phi) is 10.2. The van der Waals surface area contributed by atoms with Crippen LogP contribution in [0.5, 0.6) is 0 Å². The summed E-state index contributed by atoms with van der Waals surface area (Å²) in [6, 6.07) is 1.87. The molecule has 50 heavy (non-hydrogen) atoms. The summed E-state index contributed by atoms with van der Waals surface area (Å²) < 4.78 is 42.8. The van der Waals surface area contributed by atoms with Gasteiger partial charge in [0.1, 0.15) is 24.4 Å². The van der Waals surface area contributed by atoms with Crippen molar-refractivity contribution in [2.24, 2.45) is 28.1 Å². The van der Waals surface area contributed by atoms with E-state index in [2.05, 4.69) is 0 Å². The zero-order chi connectivity index (χ0) is 36.9. The minimum Gasteiger partial charge on any atom is -0.472 e. The van der Waals surface area contributed by atoms with Crippen LogP contribution in [-0.2, 0) is 52.4 Å². The van der Waals surface area contributed by atoms with Crippen LogP contribution in [-0.4, -0.2) is 73.6 Å². The van der Waals surface area contributed by atoms with Gasteiger partial charge in [0.05, 0.1) is 31.8 Å². The van der Waals surface area contributed by atoms with Gasteiger partial charge in [-0.05, 0) is 44.4 Å². The molecule has 3 aliphatic carbocycles. The SMILES string of the molecule is C/C=C(\C)C(=O)O[C@@H]1[C@@H]2OC[C@]3(C)[C@H](OC(C)=O)C[C@H](OC(C)=O)[C@@](C)([C@@H]23)[C@@H](COC(C)=O)[C@]1(C)C1=C(C)[C@H](c2ccoc2)C[C@@H]1OC(C)=O. The van der Waals surface area contributed by atoms with Crippen LogP contribution < -0.4 is 0 Å². The summed E-state index contributed by atoms with van der Waals surface area (Å²) in [7, 11) is 0. The van der Waals surface area contributed by atoms with Gasteiger partial charge in [0, 0.05) is 73.7 Å². The number of hydrogen-bond acceptors (Lipinski definition) is 12. The van der Waals surface area contributed by atoms with Crippen LogP contribution >= 0.6 is 0 Å². The van der Waals surface area contributed by atoms with Crippen molar-refractivity contribution in [3.63, 3.8) is 0 Å². The molecule has 0 unspecified atom stereocenters. The van der Waals surface area contributed by atoms with E-state index in [4.69, 9.17) is 32.8 Å². The van der Waals surface area contributed by atoms with Gasteiger partial charge in [-0.15, -0.1) is 0 Å². The average molecular weight is 699 g/mol. The van der Waals surface area contributed by atoms with Crippen LogP contribution in [0, 0.1) is 28.1 Å². The quantitative estimate of drug-likeness (QED) is 0.141. The summed E-state index contributed by atoms with van der Waals surface area (Å²) in [5, 5.41) is 0. The van der Waals surface area contributed by atoms with Crippen molar-refractivity contribution in [1.29, 1.82) is 0 Å². The van der Waals surface area contributed by atoms with Gasteiger partial charge in [-0.2, -0.15) is 0 Å². The number of carbonyl (C=O) groups is 5. The van der Waals surface area contributed by atoms with E-state index >= 15 is 0 Å². The van der Waals surface area contributed by atoms with Crippen LogP contribution in [0.25, 0.3) is 0 Å². The smallest absolute Gasteiger partial charge is 0.333 e. The van der Waals surface area contributed by atoms with Gasteiger partial charge < -0.3 is 32.8 Å². The Morgan fingerprint density at radius 3 is 2.08 bits per heavy atom. The number of furan rings is 1. The van der Waals surface area contributed by atoms with E-state index in [1.807, 2.05) is 33.8 Å². The molecule has 1 aromatic rings. The molecule has 1 aliphatic heterocycles. The fourth-order valence-corrected chi connectivity index (χ4v) is 10.1. The first kappa shape index (κ1) is 37.3. The predicted molar refractivity (Wildman–Crippen MR) is 177 cm³/mol. The highest BCUT2D eigenvalue weighted by molar-refractivity contribution is 5.88. The molecule has 3 fully saturated rings. The highest BCUT2D eigenvalue weighted by Gasteiger charge is 2.77. The Morgan fingerprint density at radius 2 is 1.52 bits per heavy atom. The fourth-order valence-electron chi connectivity index (χ4n) is 10.1. The van der Waals surface area contributed by atoms with Crippen LogP contribution in [0.4, 0.5) is 0 Å². The second-order valence-electron chi connectivity index (χ2n) is 15.0. The molecule has 0 radical (unpaired) electrons. The molecule has 1 aromatic heterocycles. The minimum atomic E-state index is -1.23. The zero-order valence-corrected chi connectivity index (χ0v) is 30.7. The lowest BCUT2D eigenvalue weighted by atomic mass is 9.40. The van der Waals surface area contributed by atoms with E-state index in [-0.39, 0.29) is 25.6 Å². The molecule has 12 heteroatoms. The molecule has 0 spiro atoms. The molecule has 0 amide bonds. The van der Waals surface area contributed by atoms with Crippen molar-refractivity contribution in [1.82, 2.24) is 0 Å². The van der Waals surface area contributed by atoms with E-state index in [0.717, 1.165) is 11.1 Å². The van der Waals surface area contributed by atoms with E-state index in [1.54, 1.807) is 32.4 Å². The zero-order valence-electron chi connectivity index (χ0n) is 30.7.